The van der Waals surface area contributed by atoms with E-state index in [2.05, 4.69) is 5.32 Å². The number of nitrogens with zero attached hydrogens (tertiary/aromatic N) is 1. The number of para-hydroxylation sites is 1. The molecule has 1 aliphatic rings. The number of nitrogens with one attached hydrogen (secondary N) is 1. The summed E-state index contributed by atoms with van der Waals surface area (Å²) in [5.74, 6) is 0.335. The number of ether oxygens (including phenoxy) is 1. The van der Waals surface area contributed by atoms with Crippen LogP contribution in [-0.2, 0) is 14.8 Å². The van der Waals surface area contributed by atoms with Crippen molar-refractivity contribution in [3.63, 3.8) is 0 Å². The number of sulfonamides is 1. The molecule has 1 aliphatic heterocycles. The first kappa shape index (κ1) is 21.5. The summed E-state index contributed by atoms with van der Waals surface area (Å²) in [6, 6.07) is 12.7. The van der Waals surface area contributed by atoms with Crippen molar-refractivity contribution in [1.29, 1.82) is 0 Å². The van der Waals surface area contributed by atoms with E-state index in [4.69, 9.17) is 16.3 Å². The van der Waals surface area contributed by atoms with Crippen LogP contribution in [0.25, 0.3) is 0 Å². The predicted molar refractivity (Wildman–Crippen MR) is 115 cm³/mol. The van der Waals surface area contributed by atoms with Crippen molar-refractivity contribution in [2.45, 2.75) is 44.9 Å². The van der Waals surface area contributed by atoms with Crippen LogP contribution < -0.4 is 14.4 Å². The van der Waals surface area contributed by atoms with Crippen molar-refractivity contribution in [3.05, 3.63) is 59.1 Å². The van der Waals surface area contributed by atoms with E-state index in [0.29, 0.717) is 17.1 Å². The maximum absolute atomic E-state index is 13.1. The lowest BCUT2D eigenvalue weighted by molar-refractivity contribution is -0.123. The van der Waals surface area contributed by atoms with Gasteiger partial charge in [0.05, 0.1) is 18.0 Å². The summed E-state index contributed by atoms with van der Waals surface area (Å²) in [6.45, 7) is 5.49. The topological polar surface area (TPSA) is 75.7 Å². The smallest absolute Gasteiger partial charge is 0.244 e. The van der Waals surface area contributed by atoms with E-state index in [1.54, 1.807) is 31.2 Å². The van der Waals surface area contributed by atoms with Crippen LogP contribution in [-0.4, -0.2) is 32.2 Å². The molecule has 0 aliphatic carbocycles. The van der Waals surface area contributed by atoms with Gasteiger partial charge >= 0.3 is 0 Å². The third-order valence-electron chi connectivity index (χ3n) is 4.86. The monoisotopic (exact) mass is 436 g/mol. The Bertz CT molecular complexity index is 1010. The first-order valence-corrected chi connectivity index (χ1v) is 11.5. The molecule has 0 saturated heterocycles. The molecule has 156 valence electrons. The maximum atomic E-state index is 13.1. The normalized spacial score (nSPS) is 18.9. The van der Waals surface area contributed by atoms with Crippen molar-refractivity contribution < 1.29 is 17.9 Å². The highest BCUT2D eigenvalue weighted by Crippen LogP contribution is 2.39. The number of carbonyl (C=O) groups excluding carboxylic acids is 1. The Morgan fingerprint density at radius 1 is 1.21 bits per heavy atom. The maximum Gasteiger partial charge on any atom is 0.244 e. The van der Waals surface area contributed by atoms with E-state index in [9.17, 15) is 13.2 Å². The Labute approximate surface area is 176 Å². The molecule has 1 heterocycles. The highest BCUT2D eigenvalue weighted by Gasteiger charge is 2.36. The second-order valence-corrected chi connectivity index (χ2v) is 10.2. The Morgan fingerprint density at radius 3 is 2.45 bits per heavy atom. The first-order valence-electron chi connectivity index (χ1n) is 9.31. The molecule has 2 aromatic carbocycles. The van der Waals surface area contributed by atoms with Gasteiger partial charge in [0.25, 0.3) is 0 Å². The van der Waals surface area contributed by atoms with Crippen LogP contribution in [0.15, 0.2) is 48.5 Å². The second-order valence-electron chi connectivity index (χ2n) is 7.88. The highest BCUT2D eigenvalue weighted by atomic mass is 35.5. The van der Waals surface area contributed by atoms with Crippen molar-refractivity contribution >= 4 is 33.2 Å². The molecule has 3 rings (SSSR count). The van der Waals surface area contributed by atoms with Gasteiger partial charge in [0, 0.05) is 17.0 Å². The van der Waals surface area contributed by atoms with Gasteiger partial charge in [-0.1, -0.05) is 29.8 Å². The molecule has 2 aromatic rings. The van der Waals surface area contributed by atoms with E-state index in [-0.39, 0.29) is 11.9 Å². The Hall–Kier alpha value is -2.25. The second kappa shape index (κ2) is 7.88. The summed E-state index contributed by atoms with van der Waals surface area (Å²) in [6.07, 6.45) is 1.65. The predicted octanol–water partition coefficient (Wildman–Crippen LogP) is 3.91. The number of fused-ring (bicyclic) bond motifs is 1. The molecule has 0 unspecified atom stereocenters. The molecule has 0 saturated carbocycles. The SMILES string of the molecule is C[C@H](C(=O)N[C@@H]1CC(C)(C)Oc2ccccc21)N(c1ccc(Cl)cc1)S(C)(=O)=O. The standard InChI is InChI=1S/C21H25ClN2O4S/c1-14(24(29(4,26)27)16-11-9-15(22)10-12-16)20(25)23-18-13-21(2,3)28-19-8-6-5-7-17(18)19/h5-12,14,18H,13H2,1-4H3,(H,23,25)/t14-,18-/m1/s1. The minimum atomic E-state index is -3.69. The van der Waals surface area contributed by atoms with Crippen LogP contribution >= 0.6 is 11.6 Å². The van der Waals surface area contributed by atoms with E-state index in [0.717, 1.165) is 21.9 Å². The molecule has 2 atom stereocenters. The fourth-order valence-corrected chi connectivity index (χ4v) is 4.92. The lowest BCUT2D eigenvalue weighted by atomic mass is 9.89. The molecule has 1 N–H and O–H groups in total. The molecule has 0 aromatic heterocycles. The van der Waals surface area contributed by atoms with E-state index < -0.39 is 21.7 Å². The fourth-order valence-electron chi connectivity index (χ4n) is 3.62. The molecule has 6 nitrogen and oxygen atoms in total. The molecule has 8 heteroatoms. The number of amides is 1. The summed E-state index contributed by atoms with van der Waals surface area (Å²) in [7, 11) is -3.69. The van der Waals surface area contributed by atoms with Gasteiger partial charge in [-0.2, -0.15) is 0 Å². The highest BCUT2D eigenvalue weighted by molar-refractivity contribution is 7.92. The number of rotatable bonds is 5. The van der Waals surface area contributed by atoms with Gasteiger partial charge < -0.3 is 10.1 Å². The number of anilines is 1. The van der Waals surface area contributed by atoms with Crippen molar-refractivity contribution in [2.24, 2.45) is 0 Å². The van der Waals surface area contributed by atoms with Gasteiger partial charge in [-0.15, -0.1) is 0 Å². The summed E-state index contributed by atoms with van der Waals surface area (Å²) >= 11 is 5.92. The van der Waals surface area contributed by atoms with Crippen molar-refractivity contribution in [2.75, 3.05) is 10.6 Å². The van der Waals surface area contributed by atoms with Crippen LogP contribution in [0.1, 0.15) is 38.8 Å². The quantitative estimate of drug-likeness (QED) is 0.770. The number of hydrogen-bond acceptors (Lipinski definition) is 4. The lowest BCUT2D eigenvalue weighted by Gasteiger charge is -2.38. The van der Waals surface area contributed by atoms with Crippen LogP contribution in [0.2, 0.25) is 5.02 Å². The summed E-state index contributed by atoms with van der Waals surface area (Å²) in [4.78, 5) is 13.1. The number of halogens is 1. The number of carbonyl (C=O) groups is 1. The lowest BCUT2D eigenvalue weighted by Crippen LogP contribution is -2.50. The number of benzene rings is 2. The van der Waals surface area contributed by atoms with Crippen LogP contribution in [0.3, 0.4) is 0 Å². The molecular formula is C21H25ClN2O4S. The van der Waals surface area contributed by atoms with Gasteiger partial charge in [-0.05, 0) is 51.1 Å². The van der Waals surface area contributed by atoms with Crippen molar-refractivity contribution in [1.82, 2.24) is 5.32 Å². The molecule has 0 fully saturated rings. The zero-order valence-corrected chi connectivity index (χ0v) is 18.4. The molecule has 29 heavy (non-hydrogen) atoms. The molecular weight excluding hydrogens is 412 g/mol. The molecule has 0 radical (unpaired) electrons. The average molecular weight is 437 g/mol. The van der Waals surface area contributed by atoms with Crippen LogP contribution in [0.4, 0.5) is 5.69 Å². The average Bonchev–Trinajstić information content (AvgIpc) is 2.61. The minimum absolute atomic E-state index is 0.281. The Kier molecular flexibility index (Phi) is 5.83. The Morgan fingerprint density at radius 2 is 1.83 bits per heavy atom. The van der Waals surface area contributed by atoms with Gasteiger partial charge in [0.2, 0.25) is 15.9 Å². The summed E-state index contributed by atoms with van der Waals surface area (Å²) < 4.78 is 32.0. The van der Waals surface area contributed by atoms with E-state index in [1.165, 1.54) is 0 Å². The van der Waals surface area contributed by atoms with Crippen molar-refractivity contribution in [3.8, 4) is 5.75 Å². The third-order valence-corrected chi connectivity index (χ3v) is 6.36. The fraction of sp³-hybridized carbons (Fsp3) is 0.381. The third kappa shape index (κ3) is 4.85. The first-order chi connectivity index (χ1) is 13.5. The molecule has 1 amide bonds. The summed E-state index contributed by atoms with van der Waals surface area (Å²) in [5.41, 5.74) is 0.805. The Balaban J connectivity index is 1.88. The van der Waals surface area contributed by atoms with Gasteiger partial charge in [-0.3, -0.25) is 9.10 Å². The van der Waals surface area contributed by atoms with E-state index in [1.807, 2.05) is 38.1 Å². The van der Waals surface area contributed by atoms with E-state index >= 15 is 0 Å². The molecule has 0 bridgehead atoms. The summed E-state index contributed by atoms with van der Waals surface area (Å²) in [5, 5.41) is 3.50. The zero-order chi connectivity index (χ0) is 21.4. The van der Waals surface area contributed by atoms with Crippen LogP contribution in [0.5, 0.6) is 5.75 Å². The van der Waals surface area contributed by atoms with Gasteiger partial charge in [0.1, 0.15) is 17.4 Å². The van der Waals surface area contributed by atoms with Gasteiger partial charge in [-0.25, -0.2) is 8.42 Å². The van der Waals surface area contributed by atoms with Gasteiger partial charge in [0.15, 0.2) is 0 Å². The zero-order valence-electron chi connectivity index (χ0n) is 16.8. The molecule has 0 spiro atoms. The van der Waals surface area contributed by atoms with Crippen LogP contribution in [0, 0.1) is 0 Å². The largest absolute Gasteiger partial charge is 0.487 e. The minimum Gasteiger partial charge on any atom is -0.487 e. The number of hydrogen-bond donors (Lipinski definition) is 1.